The Morgan fingerprint density at radius 1 is 0.250 bits per heavy atom. The number of para-hydroxylation sites is 2. The normalized spacial score (nSPS) is 12.3. The van der Waals surface area contributed by atoms with Crippen molar-refractivity contribution in [2.24, 2.45) is 0 Å². The van der Waals surface area contributed by atoms with Gasteiger partial charge in [0.15, 0.2) is 0 Å². The molecule has 0 atom stereocenters. The summed E-state index contributed by atoms with van der Waals surface area (Å²) in [7, 11) is 0. The Morgan fingerprint density at radius 2 is 0.667 bits per heavy atom. The number of rotatable bonds is 3. The zero-order valence-electron chi connectivity index (χ0n) is 32.2. The van der Waals surface area contributed by atoms with Gasteiger partial charge in [0.2, 0.25) is 0 Å². The number of nitrogens with zero attached hydrogens (tertiary/aromatic N) is 2. The van der Waals surface area contributed by atoms with Crippen LogP contribution in [-0.2, 0) is 0 Å². The highest BCUT2D eigenvalue weighted by atomic mass is 16.3. The van der Waals surface area contributed by atoms with E-state index in [9.17, 15) is 0 Å². The van der Waals surface area contributed by atoms with Crippen molar-refractivity contribution in [3.63, 3.8) is 0 Å². The quantitative estimate of drug-likeness (QED) is 0.180. The summed E-state index contributed by atoms with van der Waals surface area (Å²) >= 11 is 0. The van der Waals surface area contributed by atoms with Gasteiger partial charge < -0.3 is 18.0 Å². The van der Waals surface area contributed by atoms with E-state index in [0.29, 0.717) is 0 Å². The molecular weight excluding hydrogens is 733 g/mol. The van der Waals surface area contributed by atoms with Crippen LogP contribution in [0.15, 0.2) is 203 Å². The minimum atomic E-state index is 0.890. The Labute approximate surface area is 342 Å². The Morgan fingerprint density at radius 3 is 1.15 bits per heavy atom. The fourth-order valence-corrected chi connectivity index (χ4v) is 10.0. The van der Waals surface area contributed by atoms with Gasteiger partial charge >= 0.3 is 0 Å². The SMILES string of the molecule is c1ccc2cc(-n3c4ccc(-c5ccc6c(c5)c5cc7c(cc5n6-c5ccc6ccccc6c5)oc5ccccc57)cc4c4cc5c(cc43)oc3ccccc35)ccc2c1. The third-order valence-electron chi connectivity index (χ3n) is 12.8. The molecule has 0 spiro atoms. The van der Waals surface area contributed by atoms with Crippen molar-refractivity contribution >= 4 is 109 Å². The van der Waals surface area contributed by atoms with Gasteiger partial charge in [0.1, 0.15) is 22.3 Å². The van der Waals surface area contributed by atoms with E-state index in [1.54, 1.807) is 0 Å². The van der Waals surface area contributed by atoms with Gasteiger partial charge in [0.25, 0.3) is 0 Å². The summed E-state index contributed by atoms with van der Waals surface area (Å²) < 4.78 is 17.7. The van der Waals surface area contributed by atoms with Crippen LogP contribution < -0.4 is 0 Å². The van der Waals surface area contributed by atoms with Crippen molar-refractivity contribution < 1.29 is 8.83 Å². The first-order chi connectivity index (χ1) is 29.7. The van der Waals surface area contributed by atoms with Crippen LogP contribution in [0.1, 0.15) is 0 Å². The van der Waals surface area contributed by atoms with E-state index in [2.05, 4.69) is 191 Å². The maximum Gasteiger partial charge on any atom is 0.137 e. The number of benzene rings is 10. The lowest BCUT2D eigenvalue weighted by atomic mass is 10.00. The van der Waals surface area contributed by atoms with Crippen LogP contribution in [0, 0.1) is 0 Å². The van der Waals surface area contributed by atoms with Gasteiger partial charge in [0.05, 0.1) is 22.1 Å². The molecule has 0 saturated heterocycles. The Kier molecular flexibility index (Phi) is 6.26. The minimum absolute atomic E-state index is 0.890. The molecule has 0 aliphatic rings. The fraction of sp³-hybridized carbons (Fsp3) is 0. The maximum absolute atomic E-state index is 6.47. The van der Waals surface area contributed by atoms with Crippen LogP contribution in [0.5, 0.6) is 0 Å². The molecule has 0 unspecified atom stereocenters. The Bertz CT molecular complexity index is 3870. The average Bonchev–Trinajstić information content (AvgIpc) is 4.03. The molecule has 4 aromatic heterocycles. The van der Waals surface area contributed by atoms with E-state index in [1.807, 2.05) is 12.1 Å². The summed E-state index contributed by atoms with van der Waals surface area (Å²) in [5.41, 5.74) is 12.7. The molecule has 14 rings (SSSR count). The first kappa shape index (κ1) is 31.9. The fourth-order valence-electron chi connectivity index (χ4n) is 10.0. The zero-order chi connectivity index (χ0) is 39.1. The molecule has 14 aromatic rings. The van der Waals surface area contributed by atoms with E-state index >= 15 is 0 Å². The molecule has 4 nitrogen and oxygen atoms in total. The number of furan rings is 2. The Hall–Kier alpha value is -8.08. The van der Waals surface area contributed by atoms with Gasteiger partial charge in [-0.05, 0) is 105 Å². The topological polar surface area (TPSA) is 36.1 Å². The molecule has 0 fully saturated rings. The number of aromatic nitrogens is 2. The molecule has 0 N–H and O–H groups in total. The summed E-state index contributed by atoms with van der Waals surface area (Å²) in [6, 6.07) is 70.4. The molecule has 4 heteroatoms. The van der Waals surface area contributed by atoms with Crippen LogP contribution in [0.3, 0.4) is 0 Å². The minimum Gasteiger partial charge on any atom is -0.456 e. The van der Waals surface area contributed by atoms with E-state index in [0.717, 1.165) is 77.3 Å². The van der Waals surface area contributed by atoms with E-state index < -0.39 is 0 Å². The summed E-state index contributed by atoms with van der Waals surface area (Å²) in [5.74, 6) is 0. The zero-order valence-corrected chi connectivity index (χ0v) is 32.2. The molecule has 0 aliphatic heterocycles. The summed E-state index contributed by atoms with van der Waals surface area (Å²) in [5, 5.41) is 14.2. The maximum atomic E-state index is 6.47. The number of hydrogen-bond donors (Lipinski definition) is 0. The Balaban J connectivity index is 1.03. The predicted octanol–water partition coefficient (Wildman–Crippen LogP) is 15.7. The van der Waals surface area contributed by atoms with Crippen molar-refractivity contribution in [3.8, 4) is 22.5 Å². The van der Waals surface area contributed by atoms with Crippen molar-refractivity contribution in [2.75, 3.05) is 0 Å². The first-order valence-corrected chi connectivity index (χ1v) is 20.5. The average molecular weight is 765 g/mol. The highest BCUT2D eigenvalue weighted by Crippen LogP contribution is 2.43. The van der Waals surface area contributed by atoms with Crippen molar-refractivity contribution in [1.29, 1.82) is 0 Å². The molecule has 10 aromatic carbocycles. The molecule has 4 heterocycles. The first-order valence-electron chi connectivity index (χ1n) is 20.5. The van der Waals surface area contributed by atoms with Crippen molar-refractivity contribution in [2.45, 2.75) is 0 Å². The summed E-state index contributed by atoms with van der Waals surface area (Å²) in [6.45, 7) is 0. The van der Waals surface area contributed by atoms with Gasteiger partial charge in [-0.2, -0.15) is 0 Å². The molecule has 60 heavy (non-hydrogen) atoms. The van der Waals surface area contributed by atoms with Crippen LogP contribution in [0.4, 0.5) is 0 Å². The molecule has 278 valence electrons. The monoisotopic (exact) mass is 764 g/mol. The van der Waals surface area contributed by atoms with Crippen LogP contribution >= 0.6 is 0 Å². The van der Waals surface area contributed by atoms with E-state index in [4.69, 9.17) is 8.83 Å². The molecule has 0 amide bonds. The molecule has 0 aliphatic carbocycles. The second-order valence-corrected chi connectivity index (χ2v) is 16.1. The number of hydrogen-bond acceptors (Lipinski definition) is 2. The van der Waals surface area contributed by atoms with Crippen LogP contribution in [0.2, 0.25) is 0 Å². The molecular formula is C56H32N2O2. The van der Waals surface area contributed by atoms with Gasteiger partial charge in [-0.25, -0.2) is 0 Å². The highest BCUT2D eigenvalue weighted by molar-refractivity contribution is 6.20. The summed E-state index contributed by atoms with van der Waals surface area (Å²) in [6.07, 6.45) is 0. The van der Waals surface area contributed by atoms with Crippen molar-refractivity contribution in [1.82, 2.24) is 9.13 Å². The van der Waals surface area contributed by atoms with Gasteiger partial charge in [-0.15, -0.1) is 0 Å². The molecule has 0 saturated carbocycles. The second kappa shape index (κ2) is 11.8. The standard InChI is InChI=1S/C56H32N2O2/c1-3-11-35-25-39(21-17-33(35)9-1)57-49-23-19-37(27-43(49)45-29-47-41-13-5-7-15-53(41)59-55(47)31-51(45)57)38-20-24-50-44(28-38)46-30-48-42-14-6-8-16-54(42)60-56(48)32-52(46)58(50)40-22-18-34-10-2-4-12-36(34)26-40/h1-32H. The van der Waals surface area contributed by atoms with Crippen LogP contribution in [-0.4, -0.2) is 9.13 Å². The highest BCUT2D eigenvalue weighted by Gasteiger charge is 2.20. The number of fused-ring (bicyclic) bond motifs is 14. The lowest BCUT2D eigenvalue weighted by molar-refractivity contribution is 0.669. The lowest BCUT2D eigenvalue weighted by Crippen LogP contribution is -1.94. The van der Waals surface area contributed by atoms with Gasteiger partial charge in [0, 0.05) is 66.6 Å². The smallest absolute Gasteiger partial charge is 0.137 e. The largest absolute Gasteiger partial charge is 0.456 e. The van der Waals surface area contributed by atoms with Gasteiger partial charge in [-0.1, -0.05) is 109 Å². The lowest BCUT2D eigenvalue weighted by Gasteiger charge is -2.11. The predicted molar refractivity (Wildman–Crippen MR) is 250 cm³/mol. The second-order valence-electron chi connectivity index (χ2n) is 16.1. The van der Waals surface area contributed by atoms with Crippen LogP contribution in [0.25, 0.3) is 132 Å². The molecule has 0 radical (unpaired) electrons. The van der Waals surface area contributed by atoms with Gasteiger partial charge in [-0.3, -0.25) is 0 Å². The van der Waals surface area contributed by atoms with E-state index in [1.165, 1.54) is 54.2 Å². The summed E-state index contributed by atoms with van der Waals surface area (Å²) in [4.78, 5) is 0. The third-order valence-corrected chi connectivity index (χ3v) is 12.8. The van der Waals surface area contributed by atoms with Crippen molar-refractivity contribution in [3.05, 3.63) is 194 Å². The molecule has 0 bridgehead atoms. The van der Waals surface area contributed by atoms with E-state index in [-0.39, 0.29) is 0 Å². The third kappa shape index (κ3) is 4.45.